The average molecular weight is 429 g/mol. The number of hydrogen-bond acceptors (Lipinski definition) is 6. The molecule has 0 aliphatic carbocycles. The second kappa shape index (κ2) is 8.32. The standard InChI is InChI=1S/C16H14BrN3O2S.ClH/c1-2-22-14-7-10(11(17)8-13(14)21)9-18-20-16-19-12-5-3-4-6-15(12)23-16;/h3-9,21H,2H2,1H3,(H,19,20);1H. The number of hydrazone groups is 1. The number of halogens is 2. The molecule has 1 heterocycles. The van der Waals surface area contributed by atoms with Gasteiger partial charge in [0, 0.05) is 10.0 Å². The first-order valence-electron chi connectivity index (χ1n) is 6.97. The van der Waals surface area contributed by atoms with E-state index in [2.05, 4.69) is 31.4 Å². The normalized spacial score (nSPS) is 10.8. The summed E-state index contributed by atoms with van der Waals surface area (Å²) in [5.41, 5.74) is 4.66. The first-order chi connectivity index (χ1) is 11.2. The van der Waals surface area contributed by atoms with E-state index < -0.39 is 0 Å². The summed E-state index contributed by atoms with van der Waals surface area (Å²) >= 11 is 4.94. The Balaban J connectivity index is 0.00000208. The van der Waals surface area contributed by atoms with Gasteiger partial charge in [-0.05, 0) is 47.1 Å². The predicted molar refractivity (Wildman–Crippen MR) is 105 cm³/mol. The minimum atomic E-state index is 0. The van der Waals surface area contributed by atoms with Crippen LogP contribution in [0.1, 0.15) is 12.5 Å². The van der Waals surface area contributed by atoms with Crippen LogP contribution in [0.5, 0.6) is 11.5 Å². The van der Waals surface area contributed by atoms with E-state index in [1.807, 2.05) is 31.2 Å². The Kier molecular flexibility index (Phi) is 6.42. The van der Waals surface area contributed by atoms with Gasteiger partial charge in [0.2, 0.25) is 5.13 Å². The lowest BCUT2D eigenvalue weighted by molar-refractivity contribution is 0.318. The molecule has 0 bridgehead atoms. The minimum Gasteiger partial charge on any atom is -0.504 e. The smallest absolute Gasteiger partial charge is 0.204 e. The fourth-order valence-corrected chi connectivity index (χ4v) is 3.25. The minimum absolute atomic E-state index is 0. The van der Waals surface area contributed by atoms with Gasteiger partial charge in [0.05, 0.1) is 23.0 Å². The summed E-state index contributed by atoms with van der Waals surface area (Å²) in [4.78, 5) is 4.44. The molecule has 126 valence electrons. The lowest BCUT2D eigenvalue weighted by atomic mass is 10.2. The number of benzene rings is 2. The Bertz CT molecular complexity index is 837. The Hall–Kier alpha value is -1.83. The lowest BCUT2D eigenvalue weighted by Crippen LogP contribution is -1.95. The lowest BCUT2D eigenvalue weighted by Gasteiger charge is -2.08. The zero-order chi connectivity index (χ0) is 16.2. The number of hydrogen-bond donors (Lipinski definition) is 2. The Morgan fingerprint density at radius 1 is 1.38 bits per heavy atom. The Morgan fingerprint density at radius 3 is 2.92 bits per heavy atom. The maximum atomic E-state index is 9.81. The number of nitrogens with one attached hydrogen (secondary N) is 1. The van der Waals surface area contributed by atoms with E-state index in [4.69, 9.17) is 4.74 Å². The van der Waals surface area contributed by atoms with Crippen molar-refractivity contribution in [3.05, 3.63) is 46.4 Å². The van der Waals surface area contributed by atoms with Crippen LogP contribution in [0.25, 0.3) is 10.2 Å². The molecular weight excluding hydrogens is 414 g/mol. The molecule has 2 aromatic carbocycles. The second-order valence-corrected chi connectivity index (χ2v) is 6.52. The van der Waals surface area contributed by atoms with E-state index in [9.17, 15) is 5.11 Å². The van der Waals surface area contributed by atoms with Crippen LogP contribution in [0.4, 0.5) is 5.13 Å². The largest absolute Gasteiger partial charge is 0.504 e. The molecule has 3 rings (SSSR count). The van der Waals surface area contributed by atoms with Gasteiger partial charge in [-0.25, -0.2) is 4.98 Å². The van der Waals surface area contributed by atoms with Crippen LogP contribution in [0.3, 0.4) is 0 Å². The Morgan fingerprint density at radius 2 is 2.17 bits per heavy atom. The van der Waals surface area contributed by atoms with E-state index in [1.165, 1.54) is 11.3 Å². The molecule has 0 saturated heterocycles. The van der Waals surface area contributed by atoms with E-state index in [0.717, 1.165) is 25.4 Å². The third kappa shape index (κ3) is 4.17. The molecule has 0 spiro atoms. The van der Waals surface area contributed by atoms with Gasteiger partial charge in [0.15, 0.2) is 11.5 Å². The van der Waals surface area contributed by atoms with Gasteiger partial charge in [-0.3, -0.25) is 5.43 Å². The Labute approximate surface area is 157 Å². The number of phenols is 1. The third-order valence-corrected chi connectivity index (χ3v) is 4.66. The van der Waals surface area contributed by atoms with E-state index >= 15 is 0 Å². The fraction of sp³-hybridized carbons (Fsp3) is 0.125. The molecule has 0 amide bonds. The second-order valence-electron chi connectivity index (χ2n) is 4.63. The van der Waals surface area contributed by atoms with Crippen molar-refractivity contribution in [2.75, 3.05) is 12.0 Å². The number of fused-ring (bicyclic) bond motifs is 1. The van der Waals surface area contributed by atoms with Crippen molar-refractivity contribution in [3.8, 4) is 11.5 Å². The molecular formula is C16H15BrClN3O2S. The molecule has 5 nitrogen and oxygen atoms in total. The third-order valence-electron chi connectivity index (χ3n) is 3.04. The number of rotatable bonds is 5. The molecule has 0 aliphatic heterocycles. The highest BCUT2D eigenvalue weighted by Crippen LogP contribution is 2.32. The summed E-state index contributed by atoms with van der Waals surface area (Å²) < 4.78 is 7.21. The zero-order valence-corrected chi connectivity index (χ0v) is 15.9. The number of aromatic nitrogens is 1. The molecule has 8 heteroatoms. The van der Waals surface area contributed by atoms with Crippen LogP contribution in [0.2, 0.25) is 0 Å². The SMILES string of the molecule is CCOc1cc(C=NNc2nc3ccccc3s2)c(Br)cc1O.Cl. The highest BCUT2D eigenvalue weighted by atomic mass is 79.9. The van der Waals surface area contributed by atoms with Crippen molar-refractivity contribution >= 4 is 61.2 Å². The summed E-state index contributed by atoms with van der Waals surface area (Å²) in [5.74, 6) is 0.521. The highest BCUT2D eigenvalue weighted by Gasteiger charge is 2.07. The van der Waals surface area contributed by atoms with Gasteiger partial charge in [-0.1, -0.05) is 23.5 Å². The molecule has 2 N–H and O–H groups in total. The van der Waals surface area contributed by atoms with Crippen LogP contribution in [0, 0.1) is 0 Å². The van der Waals surface area contributed by atoms with Crippen LogP contribution in [-0.2, 0) is 0 Å². The topological polar surface area (TPSA) is 66.7 Å². The number of thiazole rings is 1. The molecule has 0 saturated carbocycles. The number of para-hydroxylation sites is 1. The fourth-order valence-electron chi connectivity index (χ4n) is 2.01. The van der Waals surface area contributed by atoms with Crippen LogP contribution < -0.4 is 10.2 Å². The van der Waals surface area contributed by atoms with Crippen LogP contribution >= 0.6 is 39.7 Å². The van der Waals surface area contributed by atoms with Gasteiger partial charge in [-0.2, -0.15) is 5.10 Å². The van der Waals surface area contributed by atoms with Crippen LogP contribution in [0.15, 0.2) is 46.0 Å². The summed E-state index contributed by atoms with van der Waals surface area (Å²) in [6.45, 7) is 2.35. The van der Waals surface area contributed by atoms with Crippen molar-refractivity contribution in [2.45, 2.75) is 6.92 Å². The first-order valence-corrected chi connectivity index (χ1v) is 8.58. The summed E-state index contributed by atoms with van der Waals surface area (Å²) in [7, 11) is 0. The summed E-state index contributed by atoms with van der Waals surface area (Å²) in [6, 6.07) is 11.2. The van der Waals surface area contributed by atoms with E-state index in [1.54, 1.807) is 18.3 Å². The van der Waals surface area contributed by atoms with Crippen LogP contribution in [-0.4, -0.2) is 22.9 Å². The maximum absolute atomic E-state index is 9.81. The number of aromatic hydroxyl groups is 1. The van der Waals surface area contributed by atoms with Gasteiger partial charge >= 0.3 is 0 Å². The highest BCUT2D eigenvalue weighted by molar-refractivity contribution is 9.10. The molecule has 3 aromatic rings. The van der Waals surface area contributed by atoms with Crippen molar-refractivity contribution in [1.29, 1.82) is 0 Å². The first kappa shape index (κ1) is 18.5. The molecule has 0 aliphatic rings. The van der Waals surface area contributed by atoms with Gasteiger partial charge < -0.3 is 9.84 Å². The zero-order valence-electron chi connectivity index (χ0n) is 12.7. The molecule has 0 radical (unpaired) electrons. The number of ether oxygens (including phenoxy) is 1. The predicted octanol–water partition coefficient (Wildman–Crippen LogP) is 5.03. The van der Waals surface area contributed by atoms with Crippen molar-refractivity contribution in [3.63, 3.8) is 0 Å². The quantitative estimate of drug-likeness (QED) is 0.442. The maximum Gasteiger partial charge on any atom is 0.204 e. The number of nitrogens with zero attached hydrogens (tertiary/aromatic N) is 2. The van der Waals surface area contributed by atoms with Crippen molar-refractivity contribution in [1.82, 2.24) is 4.98 Å². The number of phenolic OH excluding ortho intramolecular Hbond substituents is 1. The van der Waals surface area contributed by atoms with E-state index in [0.29, 0.717) is 12.4 Å². The van der Waals surface area contributed by atoms with Gasteiger partial charge in [0.25, 0.3) is 0 Å². The molecule has 1 aromatic heterocycles. The molecule has 24 heavy (non-hydrogen) atoms. The van der Waals surface area contributed by atoms with Crippen molar-refractivity contribution < 1.29 is 9.84 Å². The summed E-state index contributed by atoms with van der Waals surface area (Å²) in [5, 5.41) is 14.7. The van der Waals surface area contributed by atoms with Gasteiger partial charge in [-0.15, -0.1) is 12.4 Å². The molecule has 0 atom stereocenters. The monoisotopic (exact) mass is 427 g/mol. The molecule has 0 fully saturated rings. The van der Waals surface area contributed by atoms with Gasteiger partial charge in [0.1, 0.15) is 0 Å². The van der Waals surface area contributed by atoms with E-state index in [-0.39, 0.29) is 18.2 Å². The summed E-state index contributed by atoms with van der Waals surface area (Å²) in [6.07, 6.45) is 1.65. The molecule has 0 unspecified atom stereocenters. The van der Waals surface area contributed by atoms with Crippen molar-refractivity contribution in [2.24, 2.45) is 5.10 Å². The average Bonchev–Trinajstić information content (AvgIpc) is 2.94. The number of anilines is 1.